The molecule has 2 rings (SSSR count). The number of nitrogens with zero attached hydrogens (tertiary/aromatic N) is 1. The van der Waals surface area contributed by atoms with Crippen molar-refractivity contribution in [2.24, 2.45) is 0 Å². The topological polar surface area (TPSA) is 41.2 Å². The maximum atomic E-state index is 5.15. The molecule has 9 heavy (non-hydrogen) atoms. The minimum atomic E-state index is -0.0938. The number of nitrogens with one attached hydrogen (secondary N) is 1. The second-order valence-corrected chi connectivity index (χ2v) is 2.46. The third kappa shape index (κ3) is 0.650. The van der Waals surface area contributed by atoms with Crippen LogP contribution >= 0.6 is 0 Å². The van der Waals surface area contributed by atoms with Crippen molar-refractivity contribution in [2.45, 2.75) is 12.5 Å². The Hall–Kier alpha value is -0.830. The molecule has 1 aromatic heterocycles. The van der Waals surface area contributed by atoms with Crippen LogP contribution in [0.3, 0.4) is 0 Å². The Balaban J connectivity index is 2.34. The molecule has 1 fully saturated rings. The summed E-state index contributed by atoms with van der Waals surface area (Å²) in [4.78, 5) is 7.07. The Morgan fingerprint density at radius 2 is 2.67 bits per heavy atom. The molecule has 0 radical (unpaired) electrons. The van der Waals surface area contributed by atoms with Crippen molar-refractivity contribution in [3.63, 3.8) is 0 Å². The fraction of sp³-hybridized carbons (Fsp3) is 0.500. The lowest BCUT2D eigenvalue weighted by Crippen LogP contribution is -2.03. The SMILES string of the molecule is CC1(c2ncc[nH]2)CO1. The molecule has 0 aromatic carbocycles. The molecule has 1 aromatic rings. The average Bonchev–Trinajstić information content (AvgIpc) is 2.46. The molecule has 0 saturated carbocycles. The summed E-state index contributed by atoms with van der Waals surface area (Å²) in [5, 5.41) is 0. The normalized spacial score (nSPS) is 32.6. The van der Waals surface area contributed by atoms with Gasteiger partial charge in [0.2, 0.25) is 0 Å². The van der Waals surface area contributed by atoms with Gasteiger partial charge in [0.15, 0.2) is 0 Å². The summed E-state index contributed by atoms with van der Waals surface area (Å²) in [7, 11) is 0. The van der Waals surface area contributed by atoms with Crippen molar-refractivity contribution < 1.29 is 4.74 Å². The van der Waals surface area contributed by atoms with Crippen LogP contribution in [0.5, 0.6) is 0 Å². The first-order valence-electron chi connectivity index (χ1n) is 2.95. The second-order valence-electron chi connectivity index (χ2n) is 2.46. The summed E-state index contributed by atoms with van der Waals surface area (Å²) in [6, 6.07) is 0. The maximum Gasteiger partial charge on any atom is 0.146 e. The van der Waals surface area contributed by atoms with E-state index in [4.69, 9.17) is 4.74 Å². The van der Waals surface area contributed by atoms with Gasteiger partial charge in [0.1, 0.15) is 11.4 Å². The van der Waals surface area contributed by atoms with Crippen molar-refractivity contribution >= 4 is 0 Å². The minimum absolute atomic E-state index is 0.0938. The molecule has 0 aliphatic carbocycles. The quantitative estimate of drug-likeness (QED) is 0.558. The predicted molar refractivity (Wildman–Crippen MR) is 31.9 cm³/mol. The van der Waals surface area contributed by atoms with Crippen molar-refractivity contribution in [1.82, 2.24) is 9.97 Å². The second kappa shape index (κ2) is 1.36. The first kappa shape index (κ1) is 4.99. The number of hydrogen-bond donors (Lipinski definition) is 1. The lowest BCUT2D eigenvalue weighted by Gasteiger charge is -1.96. The highest BCUT2D eigenvalue weighted by atomic mass is 16.6. The molecule has 48 valence electrons. The van der Waals surface area contributed by atoms with E-state index in [1.165, 1.54) is 0 Å². The first-order valence-corrected chi connectivity index (χ1v) is 2.95. The highest BCUT2D eigenvalue weighted by molar-refractivity contribution is 5.07. The van der Waals surface area contributed by atoms with Crippen LogP contribution < -0.4 is 0 Å². The molecule has 1 aliphatic heterocycles. The van der Waals surface area contributed by atoms with Gasteiger partial charge in [0.05, 0.1) is 6.61 Å². The number of epoxide rings is 1. The molecule has 2 heterocycles. The van der Waals surface area contributed by atoms with E-state index in [0.717, 1.165) is 12.4 Å². The maximum absolute atomic E-state index is 5.15. The lowest BCUT2D eigenvalue weighted by atomic mass is 10.2. The molecular weight excluding hydrogens is 116 g/mol. The van der Waals surface area contributed by atoms with Gasteiger partial charge in [0, 0.05) is 12.4 Å². The standard InChI is InChI=1S/C6H8N2O/c1-6(4-9-6)5-7-2-3-8-5/h2-3H,4H2,1H3,(H,7,8). The Morgan fingerprint density at radius 3 is 3.11 bits per heavy atom. The largest absolute Gasteiger partial charge is 0.361 e. The smallest absolute Gasteiger partial charge is 0.146 e. The van der Waals surface area contributed by atoms with Crippen LogP contribution in [-0.2, 0) is 10.3 Å². The molecule has 1 unspecified atom stereocenters. The molecule has 0 amide bonds. The Morgan fingerprint density at radius 1 is 1.89 bits per heavy atom. The number of rotatable bonds is 1. The third-order valence-electron chi connectivity index (χ3n) is 1.58. The van der Waals surface area contributed by atoms with Crippen LogP contribution in [0, 0.1) is 0 Å². The van der Waals surface area contributed by atoms with E-state index in [1.807, 2.05) is 13.1 Å². The molecule has 3 nitrogen and oxygen atoms in total. The van der Waals surface area contributed by atoms with E-state index in [-0.39, 0.29) is 5.60 Å². The van der Waals surface area contributed by atoms with Crippen molar-refractivity contribution in [2.75, 3.05) is 6.61 Å². The fourth-order valence-corrected chi connectivity index (χ4v) is 0.799. The molecule has 0 spiro atoms. The van der Waals surface area contributed by atoms with Crippen LogP contribution in [0.1, 0.15) is 12.7 Å². The van der Waals surface area contributed by atoms with E-state index < -0.39 is 0 Å². The van der Waals surface area contributed by atoms with Gasteiger partial charge in [-0.1, -0.05) is 0 Å². The van der Waals surface area contributed by atoms with Crippen LogP contribution in [0.2, 0.25) is 0 Å². The van der Waals surface area contributed by atoms with E-state index in [9.17, 15) is 0 Å². The summed E-state index contributed by atoms with van der Waals surface area (Å²) in [5.41, 5.74) is -0.0938. The number of aromatic nitrogens is 2. The highest BCUT2D eigenvalue weighted by Crippen LogP contribution is 2.34. The first-order chi connectivity index (χ1) is 4.31. The number of ether oxygens (including phenoxy) is 1. The molecule has 1 N–H and O–H groups in total. The molecule has 1 atom stereocenters. The summed E-state index contributed by atoms with van der Waals surface area (Å²) in [6.07, 6.45) is 3.55. The Kier molecular flexibility index (Phi) is 0.754. The molecular formula is C6H8N2O. The lowest BCUT2D eigenvalue weighted by molar-refractivity contribution is 0.319. The van der Waals surface area contributed by atoms with Crippen LogP contribution in [-0.4, -0.2) is 16.6 Å². The van der Waals surface area contributed by atoms with Gasteiger partial charge in [-0.05, 0) is 6.92 Å². The van der Waals surface area contributed by atoms with Crippen molar-refractivity contribution in [1.29, 1.82) is 0 Å². The minimum Gasteiger partial charge on any atom is -0.361 e. The van der Waals surface area contributed by atoms with Crippen LogP contribution in [0.4, 0.5) is 0 Å². The van der Waals surface area contributed by atoms with Gasteiger partial charge >= 0.3 is 0 Å². The highest BCUT2D eigenvalue weighted by Gasteiger charge is 2.43. The summed E-state index contributed by atoms with van der Waals surface area (Å²) < 4.78 is 5.15. The molecule has 1 aliphatic rings. The van der Waals surface area contributed by atoms with Gasteiger partial charge in [-0.3, -0.25) is 0 Å². The van der Waals surface area contributed by atoms with Crippen LogP contribution in [0.15, 0.2) is 12.4 Å². The van der Waals surface area contributed by atoms with E-state index in [0.29, 0.717) is 0 Å². The van der Waals surface area contributed by atoms with Gasteiger partial charge in [-0.15, -0.1) is 0 Å². The number of imidazole rings is 1. The Labute approximate surface area is 53.1 Å². The van der Waals surface area contributed by atoms with Crippen molar-refractivity contribution in [3.05, 3.63) is 18.2 Å². The van der Waals surface area contributed by atoms with Crippen LogP contribution in [0.25, 0.3) is 0 Å². The molecule has 3 heteroatoms. The zero-order valence-electron chi connectivity index (χ0n) is 5.22. The number of aromatic amines is 1. The van der Waals surface area contributed by atoms with E-state index in [1.54, 1.807) is 6.20 Å². The summed E-state index contributed by atoms with van der Waals surface area (Å²) in [5.74, 6) is 0.933. The zero-order valence-corrected chi connectivity index (χ0v) is 5.22. The number of H-pyrrole nitrogens is 1. The van der Waals surface area contributed by atoms with E-state index >= 15 is 0 Å². The van der Waals surface area contributed by atoms with Gasteiger partial charge < -0.3 is 9.72 Å². The van der Waals surface area contributed by atoms with Gasteiger partial charge in [-0.25, -0.2) is 4.98 Å². The molecule has 1 saturated heterocycles. The van der Waals surface area contributed by atoms with Gasteiger partial charge in [-0.2, -0.15) is 0 Å². The summed E-state index contributed by atoms with van der Waals surface area (Å²) >= 11 is 0. The zero-order chi connectivity index (χ0) is 6.32. The molecule has 0 bridgehead atoms. The predicted octanol–water partition coefficient (Wildman–Crippen LogP) is 0.655. The Bertz CT molecular complexity index is 201. The van der Waals surface area contributed by atoms with Gasteiger partial charge in [0.25, 0.3) is 0 Å². The number of hydrogen-bond acceptors (Lipinski definition) is 2. The van der Waals surface area contributed by atoms with E-state index in [2.05, 4.69) is 9.97 Å². The summed E-state index contributed by atoms with van der Waals surface area (Å²) in [6.45, 7) is 2.81. The third-order valence-corrected chi connectivity index (χ3v) is 1.58. The fourth-order valence-electron chi connectivity index (χ4n) is 0.799. The van der Waals surface area contributed by atoms with Crippen molar-refractivity contribution in [3.8, 4) is 0 Å². The monoisotopic (exact) mass is 124 g/mol. The average molecular weight is 124 g/mol.